The van der Waals surface area contributed by atoms with Crippen LogP contribution < -0.4 is 5.73 Å². The first-order valence-corrected chi connectivity index (χ1v) is 12.5. The molecule has 0 unspecified atom stereocenters. The van der Waals surface area contributed by atoms with Gasteiger partial charge in [-0.25, -0.2) is 13.1 Å². The van der Waals surface area contributed by atoms with E-state index in [1.807, 2.05) is 38.1 Å². The van der Waals surface area contributed by atoms with E-state index in [1.165, 1.54) is 21.1 Å². The average molecular weight is 485 g/mol. The van der Waals surface area contributed by atoms with Crippen molar-refractivity contribution in [3.63, 3.8) is 0 Å². The van der Waals surface area contributed by atoms with Crippen molar-refractivity contribution in [1.29, 1.82) is 0 Å². The highest BCUT2D eigenvalue weighted by atomic mass is 32.2. The van der Waals surface area contributed by atoms with Gasteiger partial charge in [-0.2, -0.15) is 9.40 Å². The van der Waals surface area contributed by atoms with Crippen molar-refractivity contribution in [3.05, 3.63) is 65.2 Å². The van der Waals surface area contributed by atoms with Crippen LogP contribution in [0.1, 0.15) is 39.0 Å². The molecule has 0 spiro atoms. The molecule has 2 amide bonds. The third-order valence-electron chi connectivity index (χ3n) is 6.08. The minimum Gasteiger partial charge on any atom is -0.364 e. The Morgan fingerprint density at radius 2 is 1.82 bits per heavy atom. The summed E-state index contributed by atoms with van der Waals surface area (Å²) in [5, 5.41) is 4.46. The number of rotatable bonds is 6. The first-order valence-electron chi connectivity index (χ1n) is 11.0. The first-order chi connectivity index (χ1) is 16.1. The molecule has 34 heavy (non-hydrogen) atoms. The zero-order chi connectivity index (χ0) is 24.6. The van der Waals surface area contributed by atoms with Gasteiger partial charge in [0.25, 0.3) is 11.8 Å². The summed E-state index contributed by atoms with van der Waals surface area (Å²) in [7, 11) is -2.24. The Kier molecular flexibility index (Phi) is 6.32. The molecule has 1 aromatic carbocycles. The lowest BCUT2D eigenvalue weighted by Crippen LogP contribution is -2.50. The van der Waals surface area contributed by atoms with Gasteiger partial charge in [0.1, 0.15) is 10.6 Å². The molecule has 4 rings (SSSR count). The van der Waals surface area contributed by atoms with Crippen molar-refractivity contribution < 1.29 is 18.0 Å². The molecule has 1 aliphatic rings. The minimum atomic E-state index is -3.81. The molecule has 1 fully saturated rings. The maximum atomic E-state index is 13.3. The number of hydrogen-bond donors (Lipinski definition) is 1. The van der Waals surface area contributed by atoms with Crippen molar-refractivity contribution in [3.8, 4) is 5.69 Å². The molecular formula is C23H28N6O4S. The molecule has 11 heteroatoms. The lowest BCUT2D eigenvalue weighted by Gasteiger charge is -2.33. The lowest BCUT2D eigenvalue weighted by atomic mass is 10.1. The maximum absolute atomic E-state index is 13.3. The fourth-order valence-corrected chi connectivity index (χ4v) is 5.74. The Hall–Kier alpha value is -3.44. The lowest BCUT2D eigenvalue weighted by molar-refractivity contribution is 0.0696. The summed E-state index contributed by atoms with van der Waals surface area (Å²) in [4.78, 5) is 26.5. The van der Waals surface area contributed by atoms with E-state index in [9.17, 15) is 18.0 Å². The van der Waals surface area contributed by atoms with E-state index >= 15 is 0 Å². The number of aryl methyl sites for hydroxylation is 2. The van der Waals surface area contributed by atoms with Gasteiger partial charge < -0.3 is 15.2 Å². The predicted octanol–water partition coefficient (Wildman–Crippen LogP) is 1.33. The molecule has 2 N–H and O–H groups in total. The van der Waals surface area contributed by atoms with Gasteiger partial charge in [0, 0.05) is 39.4 Å². The van der Waals surface area contributed by atoms with Crippen molar-refractivity contribution in [1.82, 2.24) is 23.6 Å². The Bertz CT molecular complexity index is 1350. The molecule has 1 aliphatic heterocycles. The van der Waals surface area contributed by atoms with Crippen LogP contribution in [-0.2, 0) is 23.5 Å². The van der Waals surface area contributed by atoms with Crippen molar-refractivity contribution in [2.24, 2.45) is 12.8 Å². The van der Waals surface area contributed by atoms with E-state index in [0.29, 0.717) is 12.0 Å². The van der Waals surface area contributed by atoms with Gasteiger partial charge in [-0.15, -0.1) is 0 Å². The van der Waals surface area contributed by atoms with Crippen LogP contribution in [-0.4, -0.2) is 70.0 Å². The molecular weight excluding hydrogens is 456 g/mol. The van der Waals surface area contributed by atoms with E-state index in [4.69, 9.17) is 5.73 Å². The third-order valence-corrected chi connectivity index (χ3v) is 7.94. The van der Waals surface area contributed by atoms with E-state index in [0.717, 1.165) is 16.9 Å². The predicted molar refractivity (Wildman–Crippen MR) is 126 cm³/mol. The van der Waals surface area contributed by atoms with Crippen LogP contribution in [0.15, 0.2) is 47.6 Å². The Labute approximate surface area is 198 Å². The maximum Gasteiger partial charge on any atom is 0.265 e. The highest BCUT2D eigenvalue weighted by Gasteiger charge is 2.33. The summed E-state index contributed by atoms with van der Waals surface area (Å²) in [6, 6.07) is 9.19. The van der Waals surface area contributed by atoms with Crippen molar-refractivity contribution >= 4 is 21.8 Å². The Balaban J connectivity index is 1.50. The zero-order valence-corrected chi connectivity index (χ0v) is 20.2. The molecule has 0 bridgehead atoms. The number of aromatic nitrogens is 3. The Morgan fingerprint density at radius 3 is 2.41 bits per heavy atom. The average Bonchev–Trinajstić information content (AvgIpc) is 3.42. The molecule has 10 nitrogen and oxygen atoms in total. The van der Waals surface area contributed by atoms with Crippen molar-refractivity contribution in [2.45, 2.75) is 25.2 Å². The fraction of sp³-hybridized carbons (Fsp3) is 0.348. The molecule has 3 aromatic rings. The van der Waals surface area contributed by atoms with Crippen LogP contribution in [0.3, 0.4) is 0 Å². The number of nitrogens with two attached hydrogens (primary N) is 1. The van der Waals surface area contributed by atoms with Crippen LogP contribution >= 0.6 is 0 Å². The molecule has 180 valence electrons. The number of benzene rings is 1. The summed E-state index contributed by atoms with van der Waals surface area (Å²) in [5.74, 6) is -0.860. The normalized spacial score (nSPS) is 15.0. The van der Waals surface area contributed by atoms with Gasteiger partial charge in [0.2, 0.25) is 10.0 Å². The topological polar surface area (TPSA) is 124 Å². The summed E-state index contributed by atoms with van der Waals surface area (Å²) >= 11 is 0. The molecule has 2 aromatic heterocycles. The quantitative estimate of drug-likeness (QED) is 0.565. The molecule has 3 heterocycles. The van der Waals surface area contributed by atoms with Crippen LogP contribution in [0.2, 0.25) is 0 Å². The SMILES string of the molecule is CCc1c(C(=O)N2CCN(S(=O)(=O)c3cc(C(N)=O)n(C)c3)CC2)cnn1-c1cccc(C)c1. The number of carbonyl (C=O) groups is 2. The highest BCUT2D eigenvalue weighted by molar-refractivity contribution is 7.89. The van der Waals surface area contributed by atoms with Gasteiger partial charge in [0.05, 0.1) is 23.1 Å². The zero-order valence-electron chi connectivity index (χ0n) is 19.4. The minimum absolute atomic E-state index is 0.0104. The number of nitrogens with zero attached hydrogens (tertiary/aromatic N) is 5. The monoisotopic (exact) mass is 484 g/mol. The Morgan fingerprint density at radius 1 is 1.12 bits per heavy atom. The second kappa shape index (κ2) is 9.07. The number of primary amides is 1. The molecule has 0 saturated carbocycles. The van der Waals surface area contributed by atoms with Gasteiger partial charge in [-0.05, 0) is 37.1 Å². The van der Waals surface area contributed by atoms with Gasteiger partial charge in [-0.1, -0.05) is 19.1 Å². The molecule has 1 saturated heterocycles. The molecule has 0 aliphatic carbocycles. The standard InChI is InChI=1S/C23H28N6O4S/c1-4-20-19(14-25-29(20)17-7-5-6-16(2)12-17)23(31)27-8-10-28(11-9-27)34(32,33)18-13-21(22(24)30)26(3)15-18/h5-7,12-15H,4,8-11H2,1-3H3,(H2,24,30). The van der Waals surface area contributed by atoms with E-state index in [1.54, 1.807) is 22.8 Å². The van der Waals surface area contributed by atoms with E-state index in [2.05, 4.69) is 5.10 Å². The third kappa shape index (κ3) is 4.24. The summed E-state index contributed by atoms with van der Waals surface area (Å²) in [6.45, 7) is 4.80. The highest BCUT2D eigenvalue weighted by Crippen LogP contribution is 2.22. The van der Waals surface area contributed by atoms with Crippen LogP contribution in [0, 0.1) is 6.92 Å². The summed E-state index contributed by atoms with van der Waals surface area (Å²) < 4.78 is 30.6. The smallest absolute Gasteiger partial charge is 0.265 e. The first kappa shape index (κ1) is 23.7. The van der Waals surface area contributed by atoms with Crippen LogP contribution in [0.5, 0.6) is 0 Å². The fourth-order valence-electron chi connectivity index (χ4n) is 4.25. The van der Waals surface area contributed by atoms with E-state index < -0.39 is 15.9 Å². The number of piperazine rings is 1. The number of amides is 2. The van der Waals surface area contributed by atoms with Gasteiger partial charge in [0.15, 0.2) is 0 Å². The van der Waals surface area contributed by atoms with Crippen LogP contribution in [0.4, 0.5) is 0 Å². The molecule has 0 radical (unpaired) electrons. The largest absolute Gasteiger partial charge is 0.364 e. The van der Waals surface area contributed by atoms with E-state index in [-0.39, 0.29) is 42.7 Å². The summed E-state index contributed by atoms with van der Waals surface area (Å²) in [5.41, 5.74) is 8.75. The number of carbonyl (C=O) groups excluding carboxylic acids is 2. The van der Waals surface area contributed by atoms with Crippen LogP contribution in [0.25, 0.3) is 5.69 Å². The summed E-state index contributed by atoms with van der Waals surface area (Å²) in [6.07, 6.45) is 3.58. The van der Waals surface area contributed by atoms with Gasteiger partial charge >= 0.3 is 0 Å². The number of sulfonamides is 1. The number of hydrogen-bond acceptors (Lipinski definition) is 5. The molecule has 0 atom stereocenters. The van der Waals surface area contributed by atoms with Gasteiger partial charge in [-0.3, -0.25) is 9.59 Å². The second-order valence-electron chi connectivity index (χ2n) is 8.34. The second-order valence-corrected chi connectivity index (χ2v) is 10.3. The van der Waals surface area contributed by atoms with Crippen molar-refractivity contribution in [2.75, 3.05) is 26.2 Å².